The van der Waals surface area contributed by atoms with Crippen LogP contribution in [0, 0.1) is 0 Å². The molecule has 0 unspecified atom stereocenters. The van der Waals surface area contributed by atoms with Crippen LogP contribution >= 0.6 is 23.1 Å². The van der Waals surface area contributed by atoms with E-state index in [0.717, 1.165) is 35.4 Å². The van der Waals surface area contributed by atoms with Crippen molar-refractivity contribution in [3.8, 4) is 5.75 Å². The lowest BCUT2D eigenvalue weighted by atomic mass is 10.3. The molecule has 0 fully saturated rings. The molecule has 1 N–H and O–H groups in total. The number of ether oxygens (including phenoxy) is 1. The Bertz CT molecular complexity index is 963. The summed E-state index contributed by atoms with van der Waals surface area (Å²) >= 11 is 2.02. The molecule has 2 aromatic heterocycles. The van der Waals surface area contributed by atoms with Crippen LogP contribution in [0.5, 0.6) is 5.75 Å². The first kappa shape index (κ1) is 20.0. The van der Waals surface area contributed by atoms with E-state index in [1.54, 1.807) is 31.4 Å². The van der Waals surface area contributed by atoms with Gasteiger partial charge in [-0.3, -0.25) is 4.79 Å². The van der Waals surface area contributed by atoms with Crippen molar-refractivity contribution in [3.63, 3.8) is 0 Å². The van der Waals surface area contributed by atoms with Crippen molar-refractivity contribution in [2.24, 2.45) is 0 Å². The minimum atomic E-state index is -4.53. The lowest BCUT2D eigenvalue weighted by molar-refractivity contribution is -0.141. The van der Waals surface area contributed by atoms with Crippen molar-refractivity contribution in [2.75, 3.05) is 12.4 Å². The molecule has 0 aliphatic carbocycles. The lowest BCUT2D eigenvalue weighted by Crippen LogP contribution is -2.11. The predicted molar refractivity (Wildman–Crippen MR) is 97.5 cm³/mol. The van der Waals surface area contributed by atoms with Crippen LogP contribution in [-0.4, -0.2) is 33.2 Å². The predicted octanol–water partition coefficient (Wildman–Crippen LogP) is 3.90. The molecule has 0 aliphatic rings. The van der Waals surface area contributed by atoms with Crippen molar-refractivity contribution in [1.82, 2.24) is 20.2 Å². The molecular weight excluding hydrogens is 415 g/mol. The van der Waals surface area contributed by atoms with E-state index in [2.05, 4.69) is 25.5 Å². The van der Waals surface area contributed by atoms with Gasteiger partial charge in [0.2, 0.25) is 5.01 Å². The highest BCUT2D eigenvalue weighted by Crippen LogP contribution is 2.29. The van der Waals surface area contributed by atoms with E-state index in [1.165, 1.54) is 0 Å². The fourth-order valence-corrected chi connectivity index (χ4v) is 3.51. The van der Waals surface area contributed by atoms with Crippen LogP contribution in [0.25, 0.3) is 0 Å². The van der Waals surface area contributed by atoms with E-state index in [1.807, 2.05) is 0 Å². The van der Waals surface area contributed by atoms with Crippen LogP contribution in [0.3, 0.4) is 0 Å². The fourth-order valence-electron chi connectivity index (χ4n) is 1.96. The Morgan fingerprint density at radius 2 is 1.96 bits per heavy atom. The zero-order valence-electron chi connectivity index (χ0n) is 14.2. The highest BCUT2D eigenvalue weighted by atomic mass is 32.2. The van der Waals surface area contributed by atoms with Crippen LogP contribution in [0.2, 0.25) is 0 Å². The molecular formula is C16H12F3N5O2S2. The van der Waals surface area contributed by atoms with Gasteiger partial charge in [0.25, 0.3) is 5.91 Å². The van der Waals surface area contributed by atoms with Crippen molar-refractivity contribution < 1.29 is 22.7 Å². The third-order valence-corrected chi connectivity index (χ3v) is 5.24. The number of hydrogen-bond donors (Lipinski definition) is 1. The summed E-state index contributed by atoms with van der Waals surface area (Å²) in [6, 6.07) is 7.56. The number of anilines is 1. The SMILES string of the molecule is COc1ccc(NC(=O)c2nnc(CSc3nccc(C(F)(F)F)n3)s2)cc1. The second kappa shape index (κ2) is 8.52. The minimum Gasteiger partial charge on any atom is -0.497 e. The molecule has 0 radical (unpaired) electrons. The van der Waals surface area contributed by atoms with Gasteiger partial charge in [-0.1, -0.05) is 23.1 Å². The molecule has 0 saturated carbocycles. The normalized spacial score (nSPS) is 11.3. The number of carbonyl (C=O) groups excluding carboxylic acids is 1. The second-order valence-corrected chi connectivity index (χ2v) is 7.20. The molecule has 0 aliphatic heterocycles. The van der Waals surface area contributed by atoms with E-state index in [4.69, 9.17) is 4.74 Å². The molecule has 28 heavy (non-hydrogen) atoms. The highest BCUT2D eigenvalue weighted by Gasteiger charge is 2.32. The number of rotatable bonds is 6. The van der Waals surface area contributed by atoms with Gasteiger partial charge in [-0.15, -0.1) is 10.2 Å². The number of nitrogens with zero attached hydrogens (tertiary/aromatic N) is 4. The number of halogens is 3. The Labute approximate surface area is 165 Å². The number of hydrogen-bond acceptors (Lipinski definition) is 8. The molecule has 1 amide bonds. The Balaban J connectivity index is 1.60. The maximum Gasteiger partial charge on any atom is 0.433 e. The number of alkyl halides is 3. The van der Waals surface area contributed by atoms with Crippen LogP contribution in [0.1, 0.15) is 20.5 Å². The zero-order valence-corrected chi connectivity index (χ0v) is 15.9. The van der Waals surface area contributed by atoms with Gasteiger partial charge in [-0.2, -0.15) is 13.2 Å². The smallest absolute Gasteiger partial charge is 0.433 e. The van der Waals surface area contributed by atoms with Crippen LogP contribution in [0.4, 0.5) is 18.9 Å². The summed E-state index contributed by atoms with van der Waals surface area (Å²) < 4.78 is 43.1. The fraction of sp³-hybridized carbons (Fsp3) is 0.188. The molecule has 0 atom stereocenters. The van der Waals surface area contributed by atoms with Crippen molar-refractivity contribution in [3.05, 3.63) is 52.2 Å². The van der Waals surface area contributed by atoms with E-state index < -0.39 is 17.8 Å². The monoisotopic (exact) mass is 427 g/mol. The van der Waals surface area contributed by atoms with E-state index in [0.29, 0.717) is 16.4 Å². The maximum atomic E-state index is 12.7. The second-order valence-electron chi connectivity index (χ2n) is 5.19. The molecule has 0 saturated heterocycles. The summed E-state index contributed by atoms with van der Waals surface area (Å²) in [6.07, 6.45) is -3.49. The van der Waals surface area contributed by atoms with E-state index >= 15 is 0 Å². The summed E-state index contributed by atoms with van der Waals surface area (Å²) in [4.78, 5) is 19.5. The number of thioether (sulfide) groups is 1. The van der Waals surface area contributed by atoms with E-state index in [-0.39, 0.29) is 15.9 Å². The van der Waals surface area contributed by atoms with Crippen LogP contribution < -0.4 is 10.1 Å². The molecule has 146 valence electrons. The van der Waals surface area contributed by atoms with Gasteiger partial charge in [0.1, 0.15) is 16.5 Å². The summed E-state index contributed by atoms with van der Waals surface area (Å²) in [5.41, 5.74) is -0.448. The van der Waals surface area contributed by atoms with Gasteiger partial charge in [-0.25, -0.2) is 9.97 Å². The number of amides is 1. The molecule has 0 bridgehead atoms. The molecule has 3 rings (SSSR count). The number of aromatic nitrogens is 4. The molecule has 7 nitrogen and oxygen atoms in total. The average Bonchev–Trinajstić information content (AvgIpc) is 3.16. The number of methoxy groups -OCH3 is 1. The summed E-state index contributed by atoms with van der Waals surface area (Å²) in [5, 5.41) is 10.9. The first-order chi connectivity index (χ1) is 13.3. The largest absolute Gasteiger partial charge is 0.497 e. The first-order valence-corrected chi connectivity index (χ1v) is 9.46. The standard InChI is InChI=1S/C16H12F3N5O2S2/c1-26-10-4-2-9(3-5-10)21-13(25)14-24-23-12(28-14)8-27-15-20-7-6-11(22-15)16(17,18)19/h2-7H,8H2,1H3,(H,21,25). The lowest BCUT2D eigenvalue weighted by Gasteiger charge is -2.05. The zero-order chi connectivity index (χ0) is 20.1. The van der Waals surface area contributed by atoms with Gasteiger partial charge in [-0.05, 0) is 30.3 Å². The number of benzene rings is 1. The Hall–Kier alpha value is -2.73. The average molecular weight is 427 g/mol. The van der Waals surface area contributed by atoms with Gasteiger partial charge in [0.15, 0.2) is 5.16 Å². The molecule has 12 heteroatoms. The van der Waals surface area contributed by atoms with Gasteiger partial charge < -0.3 is 10.1 Å². The number of nitrogens with one attached hydrogen (secondary N) is 1. The molecule has 1 aromatic carbocycles. The van der Waals surface area contributed by atoms with Crippen LogP contribution in [-0.2, 0) is 11.9 Å². The van der Waals surface area contributed by atoms with Gasteiger partial charge in [0.05, 0.1) is 12.9 Å². The van der Waals surface area contributed by atoms with Crippen molar-refractivity contribution >= 4 is 34.7 Å². The third kappa shape index (κ3) is 5.16. The topological polar surface area (TPSA) is 89.9 Å². The highest BCUT2D eigenvalue weighted by molar-refractivity contribution is 7.98. The van der Waals surface area contributed by atoms with Crippen molar-refractivity contribution in [2.45, 2.75) is 17.1 Å². The third-order valence-electron chi connectivity index (χ3n) is 3.26. The quantitative estimate of drug-likeness (QED) is 0.471. The van der Waals surface area contributed by atoms with E-state index in [9.17, 15) is 18.0 Å². The Morgan fingerprint density at radius 3 is 2.64 bits per heavy atom. The molecule has 0 spiro atoms. The maximum absolute atomic E-state index is 12.7. The minimum absolute atomic E-state index is 0.0331. The first-order valence-electron chi connectivity index (χ1n) is 7.66. The van der Waals surface area contributed by atoms with Crippen molar-refractivity contribution in [1.29, 1.82) is 0 Å². The summed E-state index contributed by atoms with van der Waals surface area (Å²) in [6.45, 7) is 0. The molecule has 3 aromatic rings. The molecule has 2 heterocycles. The number of carbonyl (C=O) groups is 1. The summed E-state index contributed by atoms with van der Waals surface area (Å²) in [5.74, 6) is 0.411. The van der Waals surface area contributed by atoms with Gasteiger partial charge >= 0.3 is 6.18 Å². The Kier molecular flexibility index (Phi) is 6.09. The van der Waals surface area contributed by atoms with Gasteiger partial charge in [0, 0.05) is 11.9 Å². The van der Waals surface area contributed by atoms with Crippen LogP contribution in [0.15, 0.2) is 41.7 Å². The summed E-state index contributed by atoms with van der Waals surface area (Å²) in [7, 11) is 1.54. The Morgan fingerprint density at radius 1 is 1.21 bits per heavy atom.